The van der Waals surface area contributed by atoms with Crippen molar-refractivity contribution in [3.63, 3.8) is 0 Å². The summed E-state index contributed by atoms with van der Waals surface area (Å²) in [4.78, 5) is 12.1. The highest BCUT2D eigenvalue weighted by Crippen LogP contribution is 2.25. The summed E-state index contributed by atoms with van der Waals surface area (Å²) in [5.41, 5.74) is 0.495. The first-order chi connectivity index (χ1) is 8.63. The molecule has 0 bridgehead atoms. The Kier molecular flexibility index (Phi) is 5.08. The molecule has 0 saturated heterocycles. The highest BCUT2D eigenvalue weighted by atomic mass is 16.6. The number of aliphatic hydroxyl groups is 1. The summed E-state index contributed by atoms with van der Waals surface area (Å²) in [6.45, 7) is 3.08. The van der Waals surface area contributed by atoms with Gasteiger partial charge in [0.05, 0.1) is 11.5 Å². The first kappa shape index (κ1) is 13.9. The molecule has 18 heavy (non-hydrogen) atoms. The van der Waals surface area contributed by atoms with Crippen molar-refractivity contribution < 1.29 is 10.0 Å². The fraction of sp³-hybridized carbons (Fsp3) is 0.417. The van der Waals surface area contributed by atoms with E-state index in [1.165, 1.54) is 12.1 Å². The van der Waals surface area contributed by atoms with Gasteiger partial charge < -0.3 is 10.0 Å². The molecule has 0 unspecified atom stereocenters. The smallest absolute Gasteiger partial charge is 0.289 e. The highest BCUT2D eigenvalue weighted by molar-refractivity contribution is 5.60. The van der Waals surface area contributed by atoms with Gasteiger partial charge in [0.1, 0.15) is 11.6 Å². The van der Waals surface area contributed by atoms with E-state index in [4.69, 9.17) is 10.4 Å². The second-order valence-electron chi connectivity index (χ2n) is 3.78. The van der Waals surface area contributed by atoms with Crippen molar-refractivity contribution in [1.82, 2.24) is 0 Å². The van der Waals surface area contributed by atoms with Crippen LogP contribution in [0.25, 0.3) is 0 Å². The van der Waals surface area contributed by atoms with E-state index in [2.05, 4.69) is 0 Å². The first-order valence-electron chi connectivity index (χ1n) is 5.68. The number of anilines is 1. The van der Waals surface area contributed by atoms with Crippen LogP contribution in [0.15, 0.2) is 18.2 Å². The molecule has 0 aliphatic carbocycles. The number of nitro groups is 1. The molecule has 0 atom stereocenters. The summed E-state index contributed by atoms with van der Waals surface area (Å²) in [6.07, 6.45) is 0.869. The number of aliphatic hydroxyl groups excluding tert-OH is 1. The summed E-state index contributed by atoms with van der Waals surface area (Å²) in [7, 11) is 0. The largest absolute Gasteiger partial charge is 0.395 e. The molecule has 0 spiro atoms. The quantitative estimate of drug-likeness (QED) is 0.611. The van der Waals surface area contributed by atoms with Crippen LogP contribution >= 0.6 is 0 Å². The molecular weight excluding hydrogens is 234 g/mol. The third-order valence-corrected chi connectivity index (χ3v) is 2.53. The molecule has 1 aromatic rings. The Bertz CT molecular complexity index is 462. The average Bonchev–Trinajstić information content (AvgIpc) is 2.37. The second kappa shape index (κ2) is 6.57. The Hall–Kier alpha value is -2.13. The molecule has 0 fully saturated rings. The minimum absolute atomic E-state index is 0.0200. The number of hydrogen-bond donors (Lipinski definition) is 1. The summed E-state index contributed by atoms with van der Waals surface area (Å²) in [5, 5.41) is 28.6. The number of rotatable bonds is 6. The van der Waals surface area contributed by atoms with Crippen molar-refractivity contribution in [3.05, 3.63) is 33.9 Å². The van der Waals surface area contributed by atoms with Crippen LogP contribution in [0.4, 0.5) is 11.4 Å². The lowest BCUT2D eigenvalue weighted by Gasteiger charge is -2.23. The highest BCUT2D eigenvalue weighted by Gasteiger charge is 2.16. The molecule has 0 radical (unpaired) electrons. The maximum absolute atomic E-state index is 10.9. The number of benzene rings is 1. The summed E-state index contributed by atoms with van der Waals surface area (Å²) in [6, 6.07) is 6.28. The third-order valence-electron chi connectivity index (χ3n) is 2.53. The van der Waals surface area contributed by atoms with Gasteiger partial charge in [-0.1, -0.05) is 6.92 Å². The van der Waals surface area contributed by atoms with Gasteiger partial charge in [0.15, 0.2) is 0 Å². The van der Waals surface area contributed by atoms with Crippen LogP contribution in [0.1, 0.15) is 18.9 Å². The number of nitriles is 1. The monoisotopic (exact) mass is 249 g/mol. The normalized spacial score (nSPS) is 9.83. The van der Waals surface area contributed by atoms with Gasteiger partial charge in [0.25, 0.3) is 5.69 Å². The van der Waals surface area contributed by atoms with Gasteiger partial charge in [-0.3, -0.25) is 10.1 Å². The average molecular weight is 249 g/mol. The van der Waals surface area contributed by atoms with Crippen LogP contribution in [0.5, 0.6) is 0 Å². The lowest BCUT2D eigenvalue weighted by Crippen LogP contribution is -2.27. The summed E-state index contributed by atoms with van der Waals surface area (Å²) in [5.74, 6) is 0. The molecule has 0 saturated carbocycles. The molecule has 0 aliphatic rings. The van der Waals surface area contributed by atoms with Gasteiger partial charge in [0, 0.05) is 24.8 Å². The summed E-state index contributed by atoms with van der Waals surface area (Å²) < 4.78 is 0. The predicted octanol–water partition coefficient (Wildman–Crippen LogP) is 1.68. The van der Waals surface area contributed by atoms with E-state index >= 15 is 0 Å². The Morgan fingerprint density at radius 1 is 1.50 bits per heavy atom. The van der Waals surface area contributed by atoms with Gasteiger partial charge in [-0.15, -0.1) is 0 Å². The van der Waals surface area contributed by atoms with E-state index in [0.29, 0.717) is 18.8 Å². The van der Waals surface area contributed by atoms with Gasteiger partial charge >= 0.3 is 0 Å². The number of hydrogen-bond acceptors (Lipinski definition) is 5. The van der Waals surface area contributed by atoms with Crippen molar-refractivity contribution in [3.8, 4) is 6.07 Å². The number of nitrogens with zero attached hydrogens (tertiary/aromatic N) is 3. The predicted molar refractivity (Wildman–Crippen MR) is 67.4 cm³/mol. The zero-order valence-electron chi connectivity index (χ0n) is 10.2. The van der Waals surface area contributed by atoms with E-state index in [9.17, 15) is 10.1 Å². The Morgan fingerprint density at radius 2 is 2.22 bits per heavy atom. The Morgan fingerprint density at radius 3 is 2.72 bits per heavy atom. The lowest BCUT2D eigenvalue weighted by atomic mass is 10.1. The van der Waals surface area contributed by atoms with E-state index in [1.807, 2.05) is 11.8 Å². The topological polar surface area (TPSA) is 90.4 Å². The molecule has 6 nitrogen and oxygen atoms in total. The Balaban J connectivity index is 3.13. The van der Waals surface area contributed by atoms with Crippen LogP contribution in [0.2, 0.25) is 0 Å². The molecule has 1 aromatic carbocycles. The molecule has 1 N–H and O–H groups in total. The fourth-order valence-electron chi connectivity index (χ4n) is 1.72. The first-order valence-corrected chi connectivity index (χ1v) is 5.68. The fourth-order valence-corrected chi connectivity index (χ4v) is 1.72. The van der Waals surface area contributed by atoms with Crippen molar-refractivity contribution >= 4 is 11.4 Å². The lowest BCUT2D eigenvalue weighted by molar-refractivity contribution is -0.385. The minimum atomic E-state index is -0.564. The van der Waals surface area contributed by atoms with Crippen molar-refractivity contribution in [2.75, 3.05) is 24.6 Å². The van der Waals surface area contributed by atoms with Crippen LogP contribution in [-0.4, -0.2) is 29.7 Å². The summed E-state index contributed by atoms with van der Waals surface area (Å²) >= 11 is 0. The third kappa shape index (κ3) is 3.18. The molecule has 0 aromatic heterocycles. The minimum Gasteiger partial charge on any atom is -0.395 e. The maximum Gasteiger partial charge on any atom is 0.289 e. The molecule has 0 heterocycles. The molecular formula is C12H15N3O3. The maximum atomic E-state index is 10.9. The van der Waals surface area contributed by atoms with Gasteiger partial charge in [0.2, 0.25) is 0 Å². The van der Waals surface area contributed by atoms with Crippen molar-refractivity contribution in [2.45, 2.75) is 13.3 Å². The van der Waals surface area contributed by atoms with E-state index < -0.39 is 4.92 Å². The zero-order chi connectivity index (χ0) is 13.5. The van der Waals surface area contributed by atoms with Gasteiger partial charge in [-0.05, 0) is 18.6 Å². The van der Waals surface area contributed by atoms with Crippen LogP contribution in [0, 0.1) is 21.4 Å². The van der Waals surface area contributed by atoms with Crippen molar-refractivity contribution in [2.24, 2.45) is 0 Å². The standard InChI is InChI=1S/C12H15N3O3/c1-2-5-14(6-7-16)11-4-3-10(9-13)12(8-11)15(17)18/h3-4,8,16H,2,5-7H2,1H3. The second-order valence-corrected chi connectivity index (χ2v) is 3.78. The van der Waals surface area contributed by atoms with Gasteiger partial charge in [-0.25, -0.2) is 0 Å². The zero-order valence-corrected chi connectivity index (χ0v) is 10.2. The molecule has 96 valence electrons. The number of nitro benzene ring substituents is 1. The van der Waals surface area contributed by atoms with Crippen LogP contribution in [-0.2, 0) is 0 Å². The Labute approximate surface area is 105 Å². The van der Waals surface area contributed by atoms with Crippen LogP contribution < -0.4 is 4.90 Å². The van der Waals surface area contributed by atoms with Crippen LogP contribution in [0.3, 0.4) is 0 Å². The van der Waals surface area contributed by atoms with E-state index in [-0.39, 0.29) is 17.9 Å². The molecule has 1 rings (SSSR count). The van der Waals surface area contributed by atoms with E-state index in [0.717, 1.165) is 6.42 Å². The van der Waals surface area contributed by atoms with Gasteiger partial charge in [-0.2, -0.15) is 5.26 Å². The molecule has 6 heteroatoms. The van der Waals surface area contributed by atoms with E-state index in [1.54, 1.807) is 12.1 Å². The molecule has 0 amide bonds. The van der Waals surface area contributed by atoms with Crippen molar-refractivity contribution in [1.29, 1.82) is 5.26 Å². The SMILES string of the molecule is CCCN(CCO)c1ccc(C#N)c([N+](=O)[O-])c1. The molecule has 0 aliphatic heterocycles.